The fourth-order valence-corrected chi connectivity index (χ4v) is 2.86. The normalized spacial score (nSPS) is 28.4. The number of nitrogens with one attached hydrogen (secondary N) is 1. The second-order valence-electron chi connectivity index (χ2n) is 6.27. The molecular weight excluding hydrogens is 228 g/mol. The highest BCUT2D eigenvalue weighted by Crippen LogP contribution is 2.24. The minimum atomic E-state index is -0.618. The maximum atomic E-state index is 12.0. The van der Waals surface area contributed by atoms with E-state index in [0.29, 0.717) is 18.4 Å². The smallest absolute Gasteiger partial charge is 0.327 e. The molecule has 1 fully saturated rings. The highest BCUT2D eigenvalue weighted by atomic mass is 16.5. The van der Waals surface area contributed by atoms with E-state index < -0.39 is 5.54 Å². The van der Waals surface area contributed by atoms with Gasteiger partial charge in [-0.1, -0.05) is 13.8 Å². The van der Waals surface area contributed by atoms with Crippen LogP contribution >= 0.6 is 0 Å². The third-order valence-electron chi connectivity index (χ3n) is 3.85. The van der Waals surface area contributed by atoms with E-state index in [0.717, 1.165) is 13.1 Å². The van der Waals surface area contributed by atoms with Gasteiger partial charge in [0.25, 0.3) is 0 Å². The zero-order valence-corrected chi connectivity index (χ0v) is 12.6. The number of hydrogen-bond acceptors (Lipinski definition) is 4. The summed E-state index contributed by atoms with van der Waals surface area (Å²) in [5.41, 5.74) is -0.618. The van der Waals surface area contributed by atoms with Crippen molar-refractivity contribution in [1.82, 2.24) is 10.2 Å². The van der Waals surface area contributed by atoms with E-state index in [1.165, 1.54) is 7.11 Å². The van der Waals surface area contributed by atoms with Gasteiger partial charge in [-0.25, -0.2) is 0 Å². The number of carbonyl (C=O) groups is 1. The Bertz CT molecular complexity index is 284. The van der Waals surface area contributed by atoms with Gasteiger partial charge in [-0.15, -0.1) is 0 Å². The average Bonchev–Trinajstić information content (AvgIpc) is 2.55. The van der Waals surface area contributed by atoms with Crippen LogP contribution in [0.4, 0.5) is 0 Å². The van der Waals surface area contributed by atoms with Crippen LogP contribution in [-0.4, -0.2) is 49.2 Å². The first-order valence-corrected chi connectivity index (χ1v) is 6.87. The van der Waals surface area contributed by atoms with Gasteiger partial charge >= 0.3 is 5.97 Å². The van der Waals surface area contributed by atoms with E-state index in [-0.39, 0.29) is 12.0 Å². The summed E-state index contributed by atoms with van der Waals surface area (Å²) in [4.78, 5) is 14.4. The van der Waals surface area contributed by atoms with Crippen LogP contribution in [0.3, 0.4) is 0 Å². The largest absolute Gasteiger partial charge is 0.468 e. The fourth-order valence-electron chi connectivity index (χ4n) is 2.86. The maximum Gasteiger partial charge on any atom is 0.327 e. The molecule has 0 radical (unpaired) electrons. The topological polar surface area (TPSA) is 41.6 Å². The molecule has 0 aliphatic carbocycles. The minimum Gasteiger partial charge on any atom is -0.468 e. The molecule has 4 heteroatoms. The van der Waals surface area contributed by atoms with Crippen LogP contribution in [0.15, 0.2) is 0 Å². The molecule has 1 rings (SSSR count). The first kappa shape index (κ1) is 15.4. The van der Waals surface area contributed by atoms with E-state index >= 15 is 0 Å². The molecule has 0 aromatic heterocycles. The molecule has 1 heterocycles. The highest BCUT2D eigenvalue weighted by molar-refractivity contribution is 5.80. The van der Waals surface area contributed by atoms with E-state index in [1.54, 1.807) is 0 Å². The number of hydrogen-bond donors (Lipinski definition) is 1. The van der Waals surface area contributed by atoms with E-state index in [1.807, 2.05) is 6.92 Å². The first-order valence-electron chi connectivity index (χ1n) is 6.87. The quantitative estimate of drug-likeness (QED) is 0.757. The molecule has 106 valence electrons. The van der Waals surface area contributed by atoms with Gasteiger partial charge in [0.15, 0.2) is 0 Å². The van der Waals surface area contributed by atoms with Gasteiger partial charge in [0.2, 0.25) is 0 Å². The van der Waals surface area contributed by atoms with Crippen molar-refractivity contribution in [3.8, 4) is 0 Å². The van der Waals surface area contributed by atoms with Gasteiger partial charge in [-0.2, -0.15) is 0 Å². The lowest BCUT2D eigenvalue weighted by Gasteiger charge is -2.34. The molecule has 0 amide bonds. The van der Waals surface area contributed by atoms with Crippen molar-refractivity contribution in [2.24, 2.45) is 11.8 Å². The highest BCUT2D eigenvalue weighted by Gasteiger charge is 2.39. The van der Waals surface area contributed by atoms with Gasteiger partial charge in [0.05, 0.1) is 7.11 Å². The van der Waals surface area contributed by atoms with Gasteiger partial charge in [-0.05, 0) is 32.6 Å². The molecule has 1 aliphatic heterocycles. The van der Waals surface area contributed by atoms with Crippen molar-refractivity contribution in [3.63, 3.8) is 0 Å². The zero-order chi connectivity index (χ0) is 13.9. The van der Waals surface area contributed by atoms with Crippen LogP contribution in [0.5, 0.6) is 0 Å². The molecule has 18 heavy (non-hydrogen) atoms. The number of methoxy groups -OCH3 is 1. The van der Waals surface area contributed by atoms with E-state index in [4.69, 9.17) is 4.74 Å². The lowest BCUT2D eigenvalue weighted by atomic mass is 10.0. The maximum absolute atomic E-state index is 12.0. The van der Waals surface area contributed by atoms with Crippen LogP contribution in [-0.2, 0) is 9.53 Å². The molecule has 0 spiro atoms. The number of rotatable bonds is 5. The second kappa shape index (κ2) is 6.02. The van der Waals surface area contributed by atoms with E-state index in [9.17, 15) is 4.79 Å². The Morgan fingerprint density at radius 1 is 1.39 bits per heavy atom. The molecule has 0 saturated carbocycles. The summed E-state index contributed by atoms with van der Waals surface area (Å²) in [6, 6.07) is 0.256. The summed E-state index contributed by atoms with van der Waals surface area (Å²) < 4.78 is 4.95. The minimum absolute atomic E-state index is 0.177. The van der Waals surface area contributed by atoms with E-state index in [2.05, 4.69) is 37.9 Å². The molecule has 0 bridgehead atoms. The Hall–Kier alpha value is -0.610. The number of likely N-dealkylation sites (tertiary alicyclic amines) is 1. The van der Waals surface area contributed by atoms with Crippen molar-refractivity contribution in [3.05, 3.63) is 0 Å². The van der Waals surface area contributed by atoms with Gasteiger partial charge in [0, 0.05) is 25.7 Å². The van der Waals surface area contributed by atoms with Gasteiger partial charge in [0.1, 0.15) is 5.54 Å². The molecule has 0 aromatic rings. The summed E-state index contributed by atoms with van der Waals surface area (Å²) in [5.74, 6) is 1.22. The summed E-state index contributed by atoms with van der Waals surface area (Å²) in [6.07, 6.45) is 0. The Labute approximate surface area is 111 Å². The van der Waals surface area contributed by atoms with Crippen molar-refractivity contribution in [2.45, 2.75) is 46.2 Å². The van der Waals surface area contributed by atoms with Crippen LogP contribution in [0.2, 0.25) is 0 Å². The molecule has 1 N–H and O–H groups in total. The van der Waals surface area contributed by atoms with Crippen LogP contribution < -0.4 is 5.32 Å². The van der Waals surface area contributed by atoms with Crippen LogP contribution in [0.25, 0.3) is 0 Å². The molecule has 3 atom stereocenters. The first-order chi connectivity index (χ1) is 8.28. The lowest BCUT2D eigenvalue weighted by Crippen LogP contribution is -2.59. The number of carbonyl (C=O) groups excluding carboxylic acids is 1. The van der Waals surface area contributed by atoms with Crippen molar-refractivity contribution in [2.75, 3.05) is 26.7 Å². The molecule has 1 aliphatic rings. The SMILES string of the molecule is COC(=O)C(C)(CN1CC(C)C(C)C1)NC(C)C. The van der Waals surface area contributed by atoms with Crippen LogP contribution in [0, 0.1) is 11.8 Å². The zero-order valence-electron chi connectivity index (χ0n) is 12.6. The third kappa shape index (κ3) is 3.69. The molecular formula is C14H28N2O2. The Morgan fingerprint density at radius 3 is 2.28 bits per heavy atom. The standard InChI is InChI=1S/C14H28N2O2/c1-10(2)15-14(5,13(17)18-6)9-16-7-11(3)12(4)8-16/h10-12,15H,7-9H2,1-6H3. The predicted molar refractivity (Wildman–Crippen MR) is 73.5 cm³/mol. The number of esters is 1. The summed E-state index contributed by atoms with van der Waals surface area (Å²) in [5, 5.41) is 3.35. The average molecular weight is 256 g/mol. The second-order valence-corrected chi connectivity index (χ2v) is 6.27. The van der Waals surface area contributed by atoms with Crippen molar-refractivity contribution < 1.29 is 9.53 Å². The van der Waals surface area contributed by atoms with Gasteiger partial charge in [-0.3, -0.25) is 10.1 Å². The summed E-state index contributed by atoms with van der Waals surface area (Å²) >= 11 is 0. The Balaban J connectivity index is 2.70. The van der Waals surface area contributed by atoms with Gasteiger partial charge < -0.3 is 9.64 Å². The number of nitrogens with zero attached hydrogens (tertiary/aromatic N) is 1. The predicted octanol–water partition coefficient (Wildman–Crippen LogP) is 1.50. The molecule has 4 nitrogen and oxygen atoms in total. The molecule has 0 aromatic carbocycles. The lowest BCUT2D eigenvalue weighted by molar-refractivity contribution is -0.149. The van der Waals surface area contributed by atoms with Crippen molar-refractivity contribution >= 4 is 5.97 Å². The molecule has 1 saturated heterocycles. The molecule has 3 unspecified atom stereocenters. The Morgan fingerprint density at radius 2 is 1.89 bits per heavy atom. The van der Waals surface area contributed by atoms with Crippen LogP contribution in [0.1, 0.15) is 34.6 Å². The monoisotopic (exact) mass is 256 g/mol. The third-order valence-corrected chi connectivity index (χ3v) is 3.85. The summed E-state index contributed by atoms with van der Waals surface area (Å²) in [7, 11) is 1.46. The van der Waals surface area contributed by atoms with Crippen molar-refractivity contribution in [1.29, 1.82) is 0 Å². The fraction of sp³-hybridized carbons (Fsp3) is 0.929. The summed E-state index contributed by atoms with van der Waals surface area (Å²) in [6.45, 7) is 13.4. The Kier molecular flexibility index (Phi) is 5.17. The number of ether oxygens (including phenoxy) is 1.